The number of carbonyl (C=O) groups excluding carboxylic acids is 2. The molecule has 0 saturated carbocycles. The SMILES string of the molecule is Cc1ccsc1CN(C)C(=O)c1sc(NC(=O)c2ccco2)cc1C. The second kappa shape index (κ2) is 7.25. The van der Waals surface area contributed by atoms with E-state index in [2.05, 4.69) is 11.4 Å². The molecule has 7 heteroatoms. The zero-order valence-corrected chi connectivity index (χ0v) is 15.8. The van der Waals surface area contributed by atoms with Crippen LogP contribution < -0.4 is 5.32 Å². The number of rotatable bonds is 5. The van der Waals surface area contributed by atoms with Crippen LogP contribution in [-0.4, -0.2) is 23.8 Å². The molecule has 0 aromatic carbocycles. The van der Waals surface area contributed by atoms with E-state index in [0.717, 1.165) is 5.56 Å². The van der Waals surface area contributed by atoms with Crippen molar-refractivity contribution in [1.29, 1.82) is 0 Å². The van der Waals surface area contributed by atoms with Gasteiger partial charge in [0.2, 0.25) is 0 Å². The van der Waals surface area contributed by atoms with E-state index in [4.69, 9.17) is 4.42 Å². The topological polar surface area (TPSA) is 62.6 Å². The molecule has 5 nitrogen and oxygen atoms in total. The van der Waals surface area contributed by atoms with Crippen molar-refractivity contribution >= 4 is 39.5 Å². The maximum atomic E-state index is 12.7. The Morgan fingerprint density at radius 3 is 2.68 bits per heavy atom. The van der Waals surface area contributed by atoms with Crippen LogP contribution in [0, 0.1) is 13.8 Å². The van der Waals surface area contributed by atoms with Gasteiger partial charge in [0.15, 0.2) is 5.76 Å². The molecule has 3 aromatic heterocycles. The number of nitrogens with one attached hydrogen (secondary N) is 1. The first-order chi connectivity index (χ1) is 12.0. The zero-order chi connectivity index (χ0) is 18.0. The van der Waals surface area contributed by atoms with E-state index in [-0.39, 0.29) is 17.6 Å². The number of aryl methyl sites for hydroxylation is 2. The van der Waals surface area contributed by atoms with Crippen molar-refractivity contribution in [3.05, 3.63) is 62.6 Å². The number of anilines is 1. The van der Waals surface area contributed by atoms with Crippen LogP contribution in [0.1, 0.15) is 36.2 Å². The van der Waals surface area contributed by atoms with Crippen molar-refractivity contribution in [2.24, 2.45) is 0 Å². The van der Waals surface area contributed by atoms with E-state index in [1.165, 1.54) is 28.0 Å². The van der Waals surface area contributed by atoms with Gasteiger partial charge in [-0.05, 0) is 54.6 Å². The van der Waals surface area contributed by atoms with E-state index in [0.29, 0.717) is 16.4 Å². The quantitative estimate of drug-likeness (QED) is 0.713. The van der Waals surface area contributed by atoms with Crippen LogP contribution in [0.4, 0.5) is 5.00 Å². The molecule has 0 radical (unpaired) electrons. The molecule has 0 aliphatic heterocycles. The summed E-state index contributed by atoms with van der Waals surface area (Å²) in [6.45, 7) is 4.49. The first-order valence-electron chi connectivity index (χ1n) is 7.69. The molecule has 0 spiro atoms. The predicted octanol–water partition coefficient (Wildman–Crippen LogP) is 4.54. The maximum absolute atomic E-state index is 12.7. The Hall–Kier alpha value is -2.38. The molecule has 2 amide bonds. The summed E-state index contributed by atoms with van der Waals surface area (Å²) in [5, 5.41) is 5.43. The summed E-state index contributed by atoms with van der Waals surface area (Å²) in [4.78, 5) is 28.3. The number of amides is 2. The number of hydrogen-bond donors (Lipinski definition) is 1. The van der Waals surface area contributed by atoms with Crippen LogP contribution in [0.2, 0.25) is 0 Å². The molecule has 130 valence electrons. The highest BCUT2D eigenvalue weighted by atomic mass is 32.1. The highest BCUT2D eigenvalue weighted by Crippen LogP contribution is 2.29. The van der Waals surface area contributed by atoms with Crippen LogP contribution in [0.3, 0.4) is 0 Å². The van der Waals surface area contributed by atoms with Gasteiger partial charge in [-0.3, -0.25) is 9.59 Å². The summed E-state index contributed by atoms with van der Waals surface area (Å²) in [6.07, 6.45) is 1.45. The fraction of sp³-hybridized carbons (Fsp3) is 0.222. The highest BCUT2D eigenvalue weighted by Gasteiger charge is 2.20. The zero-order valence-electron chi connectivity index (χ0n) is 14.2. The molecule has 3 rings (SSSR count). The molecule has 0 atom stereocenters. The fourth-order valence-electron chi connectivity index (χ4n) is 2.36. The first kappa shape index (κ1) is 17.4. The Balaban J connectivity index is 1.72. The van der Waals surface area contributed by atoms with Gasteiger partial charge in [0.1, 0.15) is 0 Å². The van der Waals surface area contributed by atoms with Gasteiger partial charge in [-0.15, -0.1) is 22.7 Å². The van der Waals surface area contributed by atoms with Crippen LogP contribution in [0.15, 0.2) is 40.3 Å². The Labute approximate surface area is 153 Å². The molecule has 0 aliphatic rings. The van der Waals surface area contributed by atoms with E-state index in [1.54, 1.807) is 35.4 Å². The summed E-state index contributed by atoms with van der Waals surface area (Å²) in [5.41, 5.74) is 2.04. The van der Waals surface area contributed by atoms with Gasteiger partial charge >= 0.3 is 0 Å². The molecule has 3 heterocycles. The maximum Gasteiger partial charge on any atom is 0.291 e. The molecular formula is C18H18N2O3S2. The molecule has 0 saturated heterocycles. The van der Waals surface area contributed by atoms with Gasteiger partial charge in [0, 0.05) is 11.9 Å². The first-order valence-corrected chi connectivity index (χ1v) is 9.39. The third-order valence-electron chi connectivity index (χ3n) is 3.79. The lowest BCUT2D eigenvalue weighted by Crippen LogP contribution is -2.25. The van der Waals surface area contributed by atoms with Crippen molar-refractivity contribution in [2.45, 2.75) is 20.4 Å². The summed E-state index contributed by atoms with van der Waals surface area (Å²) < 4.78 is 5.08. The minimum absolute atomic E-state index is 0.0474. The number of carbonyl (C=O) groups is 2. The largest absolute Gasteiger partial charge is 0.459 e. The summed E-state index contributed by atoms with van der Waals surface area (Å²) >= 11 is 2.93. The molecule has 3 aromatic rings. The van der Waals surface area contributed by atoms with Crippen LogP contribution in [0.5, 0.6) is 0 Å². The monoisotopic (exact) mass is 374 g/mol. The standard InChI is InChI=1S/C18H18N2O3S2/c1-11-6-8-24-14(11)10-20(3)18(22)16-12(2)9-15(25-16)19-17(21)13-5-4-7-23-13/h4-9H,10H2,1-3H3,(H,19,21). The minimum atomic E-state index is -0.326. The number of nitrogens with zero attached hydrogens (tertiary/aromatic N) is 1. The average Bonchev–Trinajstić information content (AvgIpc) is 3.29. The van der Waals surface area contributed by atoms with Gasteiger partial charge in [0.05, 0.1) is 22.7 Å². The van der Waals surface area contributed by atoms with Crippen molar-refractivity contribution in [2.75, 3.05) is 12.4 Å². The summed E-state index contributed by atoms with van der Waals surface area (Å²) in [7, 11) is 1.79. The third-order valence-corrected chi connectivity index (χ3v) is 5.94. The van der Waals surface area contributed by atoms with Crippen molar-refractivity contribution in [3.8, 4) is 0 Å². The van der Waals surface area contributed by atoms with Gasteiger partial charge in [-0.1, -0.05) is 0 Å². The van der Waals surface area contributed by atoms with Crippen LogP contribution in [-0.2, 0) is 6.54 Å². The lowest BCUT2D eigenvalue weighted by Gasteiger charge is -2.16. The molecule has 0 bridgehead atoms. The minimum Gasteiger partial charge on any atom is -0.459 e. The van der Waals surface area contributed by atoms with E-state index in [1.807, 2.05) is 25.3 Å². The Morgan fingerprint density at radius 1 is 1.24 bits per heavy atom. The summed E-state index contributed by atoms with van der Waals surface area (Å²) in [5.74, 6) is -0.133. The van der Waals surface area contributed by atoms with Gasteiger partial charge < -0.3 is 14.6 Å². The predicted molar refractivity (Wildman–Crippen MR) is 101 cm³/mol. The second-order valence-corrected chi connectivity index (χ2v) is 7.80. The van der Waals surface area contributed by atoms with E-state index < -0.39 is 0 Å². The Morgan fingerprint density at radius 2 is 2.04 bits per heavy atom. The van der Waals surface area contributed by atoms with Crippen LogP contribution in [0.25, 0.3) is 0 Å². The normalized spacial score (nSPS) is 10.7. The lowest BCUT2D eigenvalue weighted by molar-refractivity contribution is 0.0790. The molecular weight excluding hydrogens is 356 g/mol. The van der Waals surface area contributed by atoms with Crippen molar-refractivity contribution in [3.63, 3.8) is 0 Å². The van der Waals surface area contributed by atoms with E-state index >= 15 is 0 Å². The van der Waals surface area contributed by atoms with Gasteiger partial charge in [-0.2, -0.15) is 0 Å². The fourth-order valence-corrected chi connectivity index (χ4v) is 4.38. The number of hydrogen-bond acceptors (Lipinski definition) is 5. The molecule has 0 fully saturated rings. The third kappa shape index (κ3) is 3.83. The van der Waals surface area contributed by atoms with Crippen LogP contribution >= 0.6 is 22.7 Å². The van der Waals surface area contributed by atoms with Gasteiger partial charge in [-0.25, -0.2) is 0 Å². The Bertz CT molecular complexity index is 893. The highest BCUT2D eigenvalue weighted by molar-refractivity contribution is 7.18. The lowest BCUT2D eigenvalue weighted by atomic mass is 10.2. The van der Waals surface area contributed by atoms with Crippen molar-refractivity contribution in [1.82, 2.24) is 4.90 Å². The summed E-state index contributed by atoms with van der Waals surface area (Å²) in [6, 6.07) is 7.12. The Kier molecular flexibility index (Phi) is 5.06. The average molecular weight is 374 g/mol. The van der Waals surface area contributed by atoms with E-state index in [9.17, 15) is 9.59 Å². The number of thiophene rings is 2. The second-order valence-electron chi connectivity index (χ2n) is 5.74. The molecule has 1 N–H and O–H groups in total. The number of furan rings is 1. The molecule has 0 aliphatic carbocycles. The smallest absolute Gasteiger partial charge is 0.291 e. The van der Waals surface area contributed by atoms with Gasteiger partial charge in [0.25, 0.3) is 11.8 Å². The van der Waals surface area contributed by atoms with Crippen molar-refractivity contribution < 1.29 is 14.0 Å². The molecule has 25 heavy (non-hydrogen) atoms. The molecule has 0 unspecified atom stereocenters.